The summed E-state index contributed by atoms with van der Waals surface area (Å²) in [4.78, 5) is 77.8. The van der Waals surface area contributed by atoms with Gasteiger partial charge in [-0.05, 0) is 49.8 Å². The van der Waals surface area contributed by atoms with E-state index in [1.54, 1.807) is 32.0 Å². The zero-order chi connectivity index (χ0) is 31.7. The predicted molar refractivity (Wildman–Crippen MR) is 154 cm³/mol. The molecule has 230 valence electrons. The van der Waals surface area contributed by atoms with Crippen LogP contribution in [0.15, 0.2) is 28.0 Å². The van der Waals surface area contributed by atoms with Gasteiger partial charge in [-0.1, -0.05) is 12.1 Å². The van der Waals surface area contributed by atoms with E-state index in [0.29, 0.717) is 11.1 Å². The summed E-state index contributed by atoms with van der Waals surface area (Å²) in [6, 6.07) is 4.41. The van der Waals surface area contributed by atoms with E-state index in [0.717, 1.165) is 4.90 Å². The number of aromatic nitrogens is 2. The van der Waals surface area contributed by atoms with Gasteiger partial charge in [-0.2, -0.15) is 0 Å². The summed E-state index contributed by atoms with van der Waals surface area (Å²) >= 11 is 0. The zero-order valence-electron chi connectivity index (χ0n) is 25.1. The molecule has 3 aliphatic rings. The van der Waals surface area contributed by atoms with Gasteiger partial charge in [0.1, 0.15) is 11.6 Å². The summed E-state index contributed by atoms with van der Waals surface area (Å²) < 4.78 is 20.3. The molecule has 0 spiro atoms. The van der Waals surface area contributed by atoms with Crippen LogP contribution in [0.1, 0.15) is 53.1 Å². The Bertz CT molecular complexity index is 1560. The van der Waals surface area contributed by atoms with Crippen molar-refractivity contribution in [1.29, 1.82) is 0 Å². The monoisotopic (exact) mass is 597 g/mol. The number of carbonyl (C=O) groups excluding carboxylic acids is 4. The van der Waals surface area contributed by atoms with Gasteiger partial charge < -0.3 is 25.2 Å². The summed E-state index contributed by atoms with van der Waals surface area (Å²) in [6.07, 6.45) is 2.20. The van der Waals surface area contributed by atoms with Crippen LogP contribution in [0.25, 0.3) is 0 Å². The molecule has 5 rings (SSSR count). The number of nitrogens with zero attached hydrogens (tertiary/aromatic N) is 5. The fraction of sp³-hybridized carbons (Fsp3) is 0.483. The summed E-state index contributed by atoms with van der Waals surface area (Å²) in [5.74, 6) is -3.56. The number of amides is 4. The molecule has 0 unspecified atom stereocenters. The van der Waals surface area contributed by atoms with Gasteiger partial charge in [0.2, 0.25) is 5.75 Å². The van der Waals surface area contributed by atoms with Crippen LogP contribution in [0.5, 0.6) is 5.75 Å². The summed E-state index contributed by atoms with van der Waals surface area (Å²) in [5.41, 5.74) is -2.42. The van der Waals surface area contributed by atoms with Crippen molar-refractivity contribution < 1.29 is 28.3 Å². The molecule has 0 saturated heterocycles. The minimum atomic E-state index is -1.33. The van der Waals surface area contributed by atoms with Crippen LogP contribution in [0.3, 0.4) is 0 Å². The first-order valence-electron chi connectivity index (χ1n) is 13.7. The van der Waals surface area contributed by atoms with Crippen LogP contribution in [0, 0.1) is 18.2 Å². The van der Waals surface area contributed by atoms with Crippen LogP contribution in [0.2, 0.25) is 0 Å². The third kappa shape index (κ3) is 5.99. The molecule has 4 amide bonds. The summed E-state index contributed by atoms with van der Waals surface area (Å²) in [5, 5.41) is 5.48. The second-order valence-electron chi connectivity index (χ2n) is 11.5. The number of ether oxygens (including phenoxy) is 1. The van der Waals surface area contributed by atoms with Gasteiger partial charge in [0.05, 0.1) is 24.4 Å². The number of methoxy groups -OCH3 is 1. The first kappa shape index (κ1) is 31.3. The van der Waals surface area contributed by atoms with Crippen molar-refractivity contribution in [3.8, 4) is 5.75 Å². The third-order valence-corrected chi connectivity index (χ3v) is 7.98. The van der Waals surface area contributed by atoms with Crippen LogP contribution in [-0.4, -0.2) is 84.6 Å². The number of benzene rings is 1. The molecular weight excluding hydrogens is 561 g/mol. The highest BCUT2D eigenvalue weighted by Gasteiger charge is 2.55. The molecule has 2 aromatic rings. The standard InChI is InChI=1S/C29H36FN7O6/c1-17-13-18(7-8-19(17)30)14-31-22(38)20-21(43-6)24(40)37-15-28(27(42)32-16-35(2)3)9-11-29(12-10-28,26(37)33-20)34-23(39)25(41)36(4)5/h7-8,13,16H,9-12,14-15H2,1-6H3,(H,31,38)(H,34,39). The molecule has 1 saturated carbocycles. The number of rotatable bonds is 7. The molecule has 0 atom stereocenters. The highest BCUT2D eigenvalue weighted by atomic mass is 19.1. The predicted octanol–water partition coefficient (Wildman–Crippen LogP) is 0.720. The molecule has 2 bridgehead atoms. The lowest BCUT2D eigenvalue weighted by Crippen LogP contribution is -2.54. The summed E-state index contributed by atoms with van der Waals surface area (Å²) in [7, 11) is 7.55. The maximum absolute atomic E-state index is 13.9. The molecular formula is C29H36FN7O6. The molecule has 2 N–H and O–H groups in total. The number of halogens is 1. The first-order valence-corrected chi connectivity index (χ1v) is 13.7. The van der Waals surface area contributed by atoms with Crippen LogP contribution in [-0.2, 0) is 33.0 Å². The fourth-order valence-corrected chi connectivity index (χ4v) is 5.55. The van der Waals surface area contributed by atoms with Gasteiger partial charge in [0.15, 0.2) is 5.69 Å². The van der Waals surface area contributed by atoms with Crippen LogP contribution < -0.4 is 20.9 Å². The lowest BCUT2D eigenvalue weighted by Gasteiger charge is -2.40. The van der Waals surface area contributed by atoms with Gasteiger partial charge in [-0.15, -0.1) is 0 Å². The molecule has 14 heteroatoms. The van der Waals surface area contributed by atoms with E-state index < -0.39 is 40.1 Å². The maximum atomic E-state index is 13.9. The molecule has 2 aliphatic heterocycles. The normalized spacial score (nSPS) is 20.6. The number of aliphatic imine (C=N–C) groups is 1. The quantitative estimate of drug-likeness (QED) is 0.269. The van der Waals surface area contributed by atoms with Crippen molar-refractivity contribution in [1.82, 2.24) is 30.0 Å². The number of aryl methyl sites for hydroxylation is 1. The van der Waals surface area contributed by atoms with E-state index in [1.807, 2.05) is 0 Å². The lowest BCUT2D eigenvalue weighted by molar-refractivity contribution is -0.146. The van der Waals surface area contributed by atoms with Crippen molar-refractivity contribution in [2.24, 2.45) is 10.4 Å². The number of fused-ring (bicyclic) bond motifs is 2. The van der Waals surface area contributed by atoms with E-state index >= 15 is 0 Å². The fourth-order valence-electron chi connectivity index (χ4n) is 5.55. The van der Waals surface area contributed by atoms with Crippen LogP contribution >= 0.6 is 0 Å². The Labute approximate surface area is 248 Å². The average molecular weight is 598 g/mol. The number of carbonyl (C=O) groups is 4. The van der Waals surface area contributed by atoms with Gasteiger partial charge in [0.25, 0.3) is 17.4 Å². The Morgan fingerprint density at radius 3 is 2.40 bits per heavy atom. The topological polar surface area (TPSA) is 155 Å². The molecule has 0 radical (unpaired) electrons. The number of hydrogen-bond acceptors (Lipinski definition) is 7. The SMILES string of the molecule is COc1c(C(=O)NCc2ccc(F)c(C)c2)nc2n(c1=O)CC1(C(=O)N=CN(C)C)CCC2(NC(=O)C(=O)N(C)C)CC1. The first-order chi connectivity index (χ1) is 20.2. The highest BCUT2D eigenvalue weighted by Crippen LogP contribution is 2.50. The Kier molecular flexibility index (Phi) is 8.69. The van der Waals surface area contributed by atoms with E-state index in [2.05, 4.69) is 20.6 Å². The van der Waals surface area contributed by atoms with Crippen molar-refractivity contribution in [3.05, 3.63) is 57.0 Å². The Morgan fingerprint density at radius 1 is 1.14 bits per heavy atom. The lowest BCUT2D eigenvalue weighted by atomic mass is 9.68. The maximum Gasteiger partial charge on any atom is 0.311 e. The Morgan fingerprint density at radius 2 is 1.81 bits per heavy atom. The van der Waals surface area contributed by atoms with Gasteiger partial charge >= 0.3 is 11.8 Å². The largest absolute Gasteiger partial charge is 0.489 e. The zero-order valence-corrected chi connectivity index (χ0v) is 25.1. The number of nitrogens with one attached hydrogen (secondary N) is 2. The molecule has 1 aromatic heterocycles. The molecule has 13 nitrogen and oxygen atoms in total. The highest BCUT2D eigenvalue weighted by molar-refractivity contribution is 6.35. The molecule has 43 heavy (non-hydrogen) atoms. The Hall–Kier alpha value is -4.62. The Balaban J connectivity index is 1.82. The molecule has 1 aromatic carbocycles. The second kappa shape index (κ2) is 11.9. The third-order valence-electron chi connectivity index (χ3n) is 7.98. The van der Waals surface area contributed by atoms with Gasteiger partial charge in [0, 0.05) is 41.3 Å². The van der Waals surface area contributed by atoms with Crippen molar-refractivity contribution in [2.75, 3.05) is 35.3 Å². The second-order valence-corrected chi connectivity index (χ2v) is 11.5. The number of likely N-dealkylation sites (N-methyl/N-ethyl adjacent to an activating group) is 1. The smallest absolute Gasteiger partial charge is 0.311 e. The molecule has 1 aliphatic carbocycles. The minimum Gasteiger partial charge on any atom is -0.489 e. The van der Waals surface area contributed by atoms with Gasteiger partial charge in [-0.25, -0.2) is 14.4 Å². The molecule has 1 fully saturated rings. The van der Waals surface area contributed by atoms with Crippen molar-refractivity contribution in [3.63, 3.8) is 0 Å². The number of hydrogen-bond donors (Lipinski definition) is 2. The minimum absolute atomic E-state index is 0.0178. The molecule has 3 heterocycles. The van der Waals surface area contributed by atoms with Crippen molar-refractivity contribution in [2.45, 2.75) is 51.2 Å². The van der Waals surface area contributed by atoms with E-state index in [1.165, 1.54) is 44.2 Å². The van der Waals surface area contributed by atoms with Gasteiger partial charge in [-0.3, -0.25) is 28.5 Å². The van der Waals surface area contributed by atoms with E-state index in [-0.39, 0.29) is 61.9 Å². The van der Waals surface area contributed by atoms with E-state index in [4.69, 9.17) is 4.74 Å². The van der Waals surface area contributed by atoms with Crippen molar-refractivity contribution >= 4 is 30.0 Å². The van der Waals surface area contributed by atoms with Crippen LogP contribution in [0.4, 0.5) is 4.39 Å². The van der Waals surface area contributed by atoms with E-state index in [9.17, 15) is 28.4 Å². The summed E-state index contributed by atoms with van der Waals surface area (Å²) in [6.45, 7) is 1.51. The average Bonchev–Trinajstić information content (AvgIpc) is 3.19.